The van der Waals surface area contributed by atoms with Gasteiger partial charge in [-0.3, -0.25) is 0 Å². The summed E-state index contributed by atoms with van der Waals surface area (Å²) in [6.45, 7) is 10.1. The van der Waals surface area contributed by atoms with Crippen molar-refractivity contribution in [2.45, 2.75) is 77.0 Å². The monoisotopic (exact) mass is 461 g/mol. The molecule has 8 heteroatoms. The number of anilines is 2. The summed E-state index contributed by atoms with van der Waals surface area (Å²) in [7, 11) is 0. The molecule has 1 aliphatic carbocycles. The van der Waals surface area contributed by atoms with Crippen molar-refractivity contribution in [3.8, 4) is 5.88 Å². The third-order valence-electron chi connectivity index (χ3n) is 7.21. The second-order valence-corrected chi connectivity index (χ2v) is 10.1. The number of nitrogens with zero attached hydrogens (tertiary/aromatic N) is 3. The molecular weight excluding hydrogens is 430 g/mol. The van der Waals surface area contributed by atoms with Crippen LogP contribution < -0.4 is 15.8 Å². The van der Waals surface area contributed by atoms with Crippen LogP contribution in [0, 0.1) is 0 Å². The van der Waals surface area contributed by atoms with Crippen molar-refractivity contribution in [1.29, 1.82) is 0 Å². The number of fused-ring (bicyclic) bond motifs is 2. The second kappa shape index (κ2) is 7.91. The van der Waals surface area contributed by atoms with Crippen LogP contribution >= 0.6 is 0 Å². The topological polar surface area (TPSA) is 112 Å². The molecule has 0 radical (unpaired) electrons. The van der Waals surface area contributed by atoms with Gasteiger partial charge in [-0.15, -0.1) is 0 Å². The molecule has 1 unspecified atom stereocenters. The van der Waals surface area contributed by atoms with Crippen LogP contribution in [0.2, 0.25) is 0 Å². The van der Waals surface area contributed by atoms with Crippen LogP contribution in [-0.4, -0.2) is 32.6 Å². The second-order valence-electron chi connectivity index (χ2n) is 10.1. The number of cyclic esters (lactones) is 1. The normalized spacial score (nSPS) is 22.5. The molecule has 1 fully saturated rings. The first kappa shape index (κ1) is 22.5. The summed E-state index contributed by atoms with van der Waals surface area (Å²) < 4.78 is 11.6. The first-order valence-electron chi connectivity index (χ1n) is 11.9. The van der Waals surface area contributed by atoms with Gasteiger partial charge in [0, 0.05) is 23.9 Å². The Bertz CT molecular complexity index is 1280. The van der Waals surface area contributed by atoms with E-state index in [-0.39, 0.29) is 23.6 Å². The summed E-state index contributed by atoms with van der Waals surface area (Å²) in [4.78, 5) is 26.2. The number of esters is 1. The van der Waals surface area contributed by atoms with Gasteiger partial charge >= 0.3 is 5.97 Å². The minimum absolute atomic E-state index is 0.00249. The maximum absolute atomic E-state index is 12.2. The highest BCUT2D eigenvalue weighted by atomic mass is 16.5. The molecule has 3 atom stereocenters. The number of aromatic nitrogens is 3. The van der Waals surface area contributed by atoms with Gasteiger partial charge in [0.05, 0.1) is 16.6 Å². The summed E-state index contributed by atoms with van der Waals surface area (Å²) >= 11 is 0. The Morgan fingerprint density at radius 2 is 1.97 bits per heavy atom. The minimum atomic E-state index is -0.554. The van der Waals surface area contributed by atoms with Crippen molar-refractivity contribution in [2.75, 3.05) is 5.32 Å². The summed E-state index contributed by atoms with van der Waals surface area (Å²) in [5.41, 5.74) is 8.10. The standard InChI is InChI=1S/C26H31N5O3/c1-6-26(5,27)19-13-29-23(34-25(4)9-10-25)18-12-28-21(11-17(18)19)30-20-8-7-16-22(31-20)14(2)15(3)33-24(16)32/h7-8,11-15H,6,9-10,27H2,1-5H3,(H,28,30,31)/t14-,15+,26?/m0/s1. The molecule has 0 amide bonds. The Morgan fingerprint density at radius 1 is 1.21 bits per heavy atom. The third kappa shape index (κ3) is 3.96. The number of hydrogen-bond acceptors (Lipinski definition) is 8. The van der Waals surface area contributed by atoms with Crippen LogP contribution in [0.15, 0.2) is 30.6 Å². The van der Waals surface area contributed by atoms with E-state index in [1.165, 1.54) is 0 Å². The number of rotatable bonds is 6. The van der Waals surface area contributed by atoms with E-state index in [0.717, 1.165) is 41.3 Å². The maximum atomic E-state index is 12.2. The maximum Gasteiger partial charge on any atom is 0.340 e. The zero-order chi connectivity index (χ0) is 24.3. The Balaban J connectivity index is 1.55. The molecule has 0 saturated heterocycles. The van der Waals surface area contributed by atoms with E-state index >= 15 is 0 Å². The molecule has 3 aromatic heterocycles. The van der Waals surface area contributed by atoms with Crippen LogP contribution in [0.5, 0.6) is 5.88 Å². The van der Waals surface area contributed by atoms with Gasteiger partial charge in [-0.2, -0.15) is 0 Å². The molecule has 0 aromatic carbocycles. The zero-order valence-corrected chi connectivity index (χ0v) is 20.3. The Kier molecular flexibility index (Phi) is 5.24. The molecular formula is C26H31N5O3. The van der Waals surface area contributed by atoms with Crippen molar-refractivity contribution in [3.05, 3.63) is 47.4 Å². The molecule has 2 aliphatic rings. The van der Waals surface area contributed by atoms with Crippen LogP contribution in [0.4, 0.5) is 11.6 Å². The minimum Gasteiger partial charge on any atom is -0.471 e. The number of hydrogen-bond donors (Lipinski definition) is 2. The van der Waals surface area contributed by atoms with E-state index in [9.17, 15) is 4.79 Å². The fourth-order valence-electron chi connectivity index (χ4n) is 4.17. The highest BCUT2D eigenvalue weighted by Gasteiger charge is 2.41. The largest absolute Gasteiger partial charge is 0.471 e. The SMILES string of the molecule is CCC(C)(N)c1cnc(OC2(C)CC2)c2cnc(Nc3ccc4c(n3)[C@@H](C)[C@@H](C)OC4=O)cc12. The number of nitrogens with two attached hydrogens (primary N) is 1. The third-order valence-corrected chi connectivity index (χ3v) is 7.21. The van der Waals surface area contributed by atoms with Gasteiger partial charge in [-0.05, 0) is 69.2 Å². The summed E-state index contributed by atoms with van der Waals surface area (Å²) in [6.07, 6.45) is 6.17. The average molecular weight is 462 g/mol. The molecule has 178 valence electrons. The number of nitrogens with one attached hydrogen (secondary N) is 1. The van der Waals surface area contributed by atoms with Crippen LogP contribution in [0.25, 0.3) is 10.8 Å². The van der Waals surface area contributed by atoms with E-state index < -0.39 is 5.54 Å². The fraction of sp³-hybridized carbons (Fsp3) is 0.462. The molecule has 3 aromatic rings. The van der Waals surface area contributed by atoms with Gasteiger partial charge in [0.25, 0.3) is 0 Å². The molecule has 0 spiro atoms. The molecule has 34 heavy (non-hydrogen) atoms. The molecule has 0 bridgehead atoms. The predicted molar refractivity (Wildman–Crippen MR) is 130 cm³/mol. The Morgan fingerprint density at radius 3 is 2.68 bits per heavy atom. The lowest BCUT2D eigenvalue weighted by Crippen LogP contribution is -2.32. The first-order valence-corrected chi connectivity index (χ1v) is 11.9. The Labute approximate surface area is 199 Å². The number of ether oxygens (including phenoxy) is 2. The number of carbonyl (C=O) groups excluding carboxylic acids is 1. The fourth-order valence-corrected chi connectivity index (χ4v) is 4.17. The highest BCUT2D eigenvalue weighted by molar-refractivity contribution is 5.93. The zero-order valence-electron chi connectivity index (χ0n) is 20.3. The quantitative estimate of drug-likeness (QED) is 0.496. The van der Waals surface area contributed by atoms with E-state index in [2.05, 4.69) is 29.1 Å². The van der Waals surface area contributed by atoms with Gasteiger partial charge in [-0.1, -0.05) is 13.8 Å². The molecule has 4 heterocycles. The predicted octanol–water partition coefficient (Wildman–Crippen LogP) is 4.95. The molecule has 3 N–H and O–H groups in total. The van der Waals surface area contributed by atoms with Gasteiger partial charge in [0.1, 0.15) is 23.3 Å². The molecule has 1 aliphatic heterocycles. The van der Waals surface area contributed by atoms with Gasteiger partial charge in [0.2, 0.25) is 5.88 Å². The van der Waals surface area contributed by atoms with Gasteiger partial charge < -0.3 is 20.5 Å². The summed E-state index contributed by atoms with van der Waals surface area (Å²) in [5.74, 6) is 1.49. The van der Waals surface area contributed by atoms with E-state index in [4.69, 9.17) is 20.2 Å². The van der Waals surface area contributed by atoms with E-state index in [1.807, 2.05) is 33.0 Å². The van der Waals surface area contributed by atoms with Crippen LogP contribution in [0.1, 0.15) is 81.4 Å². The van der Waals surface area contributed by atoms with E-state index in [1.54, 1.807) is 18.3 Å². The van der Waals surface area contributed by atoms with Crippen molar-refractivity contribution in [1.82, 2.24) is 15.0 Å². The molecule has 1 saturated carbocycles. The lowest BCUT2D eigenvalue weighted by Gasteiger charge is -2.27. The van der Waals surface area contributed by atoms with Crippen LogP contribution in [0.3, 0.4) is 0 Å². The number of carbonyl (C=O) groups is 1. The lowest BCUT2D eigenvalue weighted by molar-refractivity contribution is 0.0235. The van der Waals surface area contributed by atoms with Crippen molar-refractivity contribution in [2.24, 2.45) is 5.73 Å². The Hall–Kier alpha value is -3.26. The average Bonchev–Trinajstić information content (AvgIpc) is 3.54. The number of pyridine rings is 3. The first-order chi connectivity index (χ1) is 16.1. The van der Waals surface area contributed by atoms with Crippen molar-refractivity contribution >= 4 is 28.4 Å². The smallest absolute Gasteiger partial charge is 0.340 e. The van der Waals surface area contributed by atoms with Crippen molar-refractivity contribution in [3.63, 3.8) is 0 Å². The van der Waals surface area contributed by atoms with Crippen molar-refractivity contribution < 1.29 is 14.3 Å². The summed E-state index contributed by atoms with van der Waals surface area (Å²) in [6, 6.07) is 5.49. The molecule has 8 nitrogen and oxygen atoms in total. The van der Waals surface area contributed by atoms with Crippen LogP contribution in [-0.2, 0) is 10.3 Å². The van der Waals surface area contributed by atoms with Gasteiger partial charge in [-0.25, -0.2) is 19.7 Å². The molecule has 5 rings (SSSR count). The van der Waals surface area contributed by atoms with E-state index in [0.29, 0.717) is 23.1 Å². The summed E-state index contributed by atoms with van der Waals surface area (Å²) in [5, 5.41) is 5.08. The lowest BCUT2D eigenvalue weighted by atomic mass is 9.88. The van der Waals surface area contributed by atoms with Gasteiger partial charge in [0.15, 0.2) is 0 Å². The highest BCUT2D eigenvalue weighted by Crippen LogP contribution is 2.42.